The third-order valence-corrected chi connectivity index (χ3v) is 4.89. The number of aliphatic hydroxyl groups excluding tert-OH is 1. The highest BCUT2D eigenvalue weighted by Crippen LogP contribution is 2.34. The maximum Gasteiger partial charge on any atom is 0.133 e. The van der Waals surface area contributed by atoms with Crippen LogP contribution in [-0.4, -0.2) is 23.8 Å². The van der Waals surface area contributed by atoms with Gasteiger partial charge >= 0.3 is 0 Å². The highest BCUT2D eigenvalue weighted by atomic mass is 32.2. The zero-order valence-electron chi connectivity index (χ0n) is 10.9. The number of aliphatic hydroxyl groups is 1. The number of rotatable bonds is 5. The Morgan fingerprint density at radius 2 is 1.83 bits per heavy atom. The molecule has 0 amide bonds. The van der Waals surface area contributed by atoms with Gasteiger partial charge in [-0.05, 0) is 30.9 Å². The fraction of sp³-hybridized carbons (Fsp3) is 0.600. The van der Waals surface area contributed by atoms with E-state index in [1.807, 2.05) is 18.2 Å². The summed E-state index contributed by atoms with van der Waals surface area (Å²) in [7, 11) is 1.69. The Kier molecular flexibility index (Phi) is 5.54. The molecule has 2 rings (SSSR count). The molecule has 0 radical (unpaired) electrons. The highest BCUT2D eigenvalue weighted by molar-refractivity contribution is 7.99. The van der Waals surface area contributed by atoms with Gasteiger partial charge in [-0.15, -0.1) is 0 Å². The minimum absolute atomic E-state index is 0.157. The summed E-state index contributed by atoms with van der Waals surface area (Å²) in [5.74, 6) is 0.403. The molecule has 0 aliphatic heterocycles. The quantitative estimate of drug-likeness (QED) is 0.651. The van der Waals surface area contributed by atoms with Crippen LogP contribution >= 0.6 is 11.8 Å². The van der Waals surface area contributed by atoms with Crippen LogP contribution in [0, 0.1) is 5.92 Å². The average molecular weight is 266 g/mol. The van der Waals surface area contributed by atoms with Crippen LogP contribution in [0.2, 0.25) is 0 Å². The van der Waals surface area contributed by atoms with E-state index in [0.717, 1.165) is 17.7 Å². The molecule has 0 spiro atoms. The molecule has 1 aromatic carbocycles. The Hall–Kier alpha value is -0.510. The van der Waals surface area contributed by atoms with E-state index in [9.17, 15) is 5.11 Å². The van der Waals surface area contributed by atoms with E-state index >= 15 is 0 Å². The van der Waals surface area contributed by atoms with E-state index in [4.69, 9.17) is 4.74 Å². The first-order valence-corrected chi connectivity index (χ1v) is 7.62. The number of ether oxygens (including phenoxy) is 1. The predicted octanol–water partition coefficient (Wildman–Crippen LogP) is 3.69. The van der Waals surface area contributed by atoms with E-state index in [2.05, 4.69) is 12.1 Å². The zero-order chi connectivity index (χ0) is 12.8. The summed E-state index contributed by atoms with van der Waals surface area (Å²) in [5.41, 5.74) is -0.157. The number of methoxy groups -OCH3 is 1. The third-order valence-electron chi connectivity index (χ3n) is 3.64. The lowest BCUT2D eigenvalue weighted by atomic mass is 9.85. The molecule has 2 unspecified atom stereocenters. The number of thioether (sulfide) groups is 1. The van der Waals surface area contributed by atoms with Crippen LogP contribution in [0.1, 0.15) is 32.1 Å². The van der Waals surface area contributed by atoms with Crippen LogP contribution < -0.4 is 0 Å². The molecule has 100 valence electrons. The molecule has 1 aromatic rings. The van der Waals surface area contributed by atoms with E-state index in [1.54, 1.807) is 18.9 Å². The van der Waals surface area contributed by atoms with Crippen LogP contribution in [0.3, 0.4) is 0 Å². The fourth-order valence-corrected chi connectivity index (χ4v) is 3.63. The summed E-state index contributed by atoms with van der Waals surface area (Å²) in [4.78, 5) is 1.15. The van der Waals surface area contributed by atoms with Gasteiger partial charge in [0.1, 0.15) is 5.44 Å². The highest BCUT2D eigenvalue weighted by Gasteiger charge is 2.29. The van der Waals surface area contributed by atoms with Gasteiger partial charge in [0.2, 0.25) is 0 Å². The lowest BCUT2D eigenvalue weighted by molar-refractivity contribution is -0.00496. The molecule has 1 aliphatic carbocycles. The van der Waals surface area contributed by atoms with Crippen molar-refractivity contribution in [3.63, 3.8) is 0 Å². The van der Waals surface area contributed by atoms with Gasteiger partial charge in [-0.2, -0.15) is 0 Å². The summed E-state index contributed by atoms with van der Waals surface area (Å²) >= 11 is 1.62. The zero-order valence-corrected chi connectivity index (χ0v) is 11.7. The van der Waals surface area contributed by atoms with Crippen LogP contribution in [0.15, 0.2) is 35.2 Å². The van der Waals surface area contributed by atoms with Crippen LogP contribution in [-0.2, 0) is 4.74 Å². The maximum atomic E-state index is 10.4. The number of hydrogen-bond donors (Lipinski definition) is 1. The molecule has 1 saturated carbocycles. The first-order chi connectivity index (χ1) is 8.81. The van der Waals surface area contributed by atoms with Crippen molar-refractivity contribution >= 4 is 11.8 Å². The van der Waals surface area contributed by atoms with Crippen LogP contribution in [0.25, 0.3) is 0 Å². The summed E-state index contributed by atoms with van der Waals surface area (Å²) in [6, 6.07) is 10.2. The Bertz CT molecular complexity index is 336. The molecule has 0 saturated heterocycles. The second kappa shape index (κ2) is 7.17. The van der Waals surface area contributed by atoms with Crippen molar-refractivity contribution in [3.05, 3.63) is 30.3 Å². The average Bonchev–Trinajstić information content (AvgIpc) is 2.46. The Morgan fingerprint density at radius 1 is 1.17 bits per heavy atom. The van der Waals surface area contributed by atoms with Crippen molar-refractivity contribution in [3.8, 4) is 0 Å². The topological polar surface area (TPSA) is 29.5 Å². The third kappa shape index (κ3) is 3.74. The van der Waals surface area contributed by atoms with Gasteiger partial charge in [-0.1, -0.05) is 49.2 Å². The molecule has 0 aromatic heterocycles. The van der Waals surface area contributed by atoms with Crippen molar-refractivity contribution < 1.29 is 9.84 Å². The molecule has 2 atom stereocenters. The van der Waals surface area contributed by atoms with Crippen molar-refractivity contribution in [1.29, 1.82) is 0 Å². The van der Waals surface area contributed by atoms with E-state index in [0.29, 0.717) is 5.92 Å². The van der Waals surface area contributed by atoms with Crippen molar-refractivity contribution in [2.45, 2.75) is 48.5 Å². The number of benzene rings is 1. The molecular formula is C15H22O2S. The normalized spacial score (nSPS) is 20.6. The van der Waals surface area contributed by atoms with Gasteiger partial charge in [-0.25, -0.2) is 0 Å². The molecule has 3 heteroatoms. The lowest BCUT2D eigenvalue weighted by Gasteiger charge is -2.31. The lowest BCUT2D eigenvalue weighted by Crippen LogP contribution is -2.33. The van der Waals surface area contributed by atoms with E-state index in [-0.39, 0.29) is 11.5 Å². The van der Waals surface area contributed by atoms with Crippen molar-refractivity contribution in [2.24, 2.45) is 5.92 Å². The van der Waals surface area contributed by atoms with Gasteiger partial charge in [0, 0.05) is 12.0 Å². The maximum absolute atomic E-state index is 10.4. The Balaban J connectivity index is 1.94. The van der Waals surface area contributed by atoms with Crippen LogP contribution in [0.4, 0.5) is 0 Å². The van der Waals surface area contributed by atoms with Gasteiger partial charge in [-0.3, -0.25) is 0 Å². The summed E-state index contributed by atoms with van der Waals surface area (Å²) in [6.07, 6.45) is 5.71. The SMILES string of the molecule is COC(Sc1ccccc1)C(O)C1CCCCC1. The molecule has 2 nitrogen and oxygen atoms in total. The first-order valence-electron chi connectivity index (χ1n) is 6.74. The van der Waals surface area contributed by atoms with Gasteiger partial charge in [0.15, 0.2) is 0 Å². The molecule has 1 N–H and O–H groups in total. The second-order valence-corrected chi connectivity index (χ2v) is 6.10. The van der Waals surface area contributed by atoms with E-state index in [1.165, 1.54) is 19.3 Å². The second-order valence-electron chi connectivity index (χ2n) is 4.92. The number of hydrogen-bond acceptors (Lipinski definition) is 3. The molecule has 1 aliphatic rings. The molecule has 0 bridgehead atoms. The smallest absolute Gasteiger partial charge is 0.133 e. The largest absolute Gasteiger partial charge is 0.389 e. The van der Waals surface area contributed by atoms with Crippen molar-refractivity contribution in [2.75, 3.05) is 7.11 Å². The summed E-state index contributed by atoms with van der Waals surface area (Å²) in [6.45, 7) is 0. The molecular weight excluding hydrogens is 244 g/mol. The van der Waals surface area contributed by atoms with Crippen LogP contribution in [0.5, 0.6) is 0 Å². The Labute approximate surface area is 114 Å². The monoisotopic (exact) mass is 266 g/mol. The minimum Gasteiger partial charge on any atom is -0.389 e. The predicted molar refractivity (Wildman–Crippen MR) is 75.7 cm³/mol. The van der Waals surface area contributed by atoms with Gasteiger partial charge in [0.25, 0.3) is 0 Å². The molecule has 18 heavy (non-hydrogen) atoms. The fourth-order valence-electron chi connectivity index (χ4n) is 2.59. The van der Waals surface area contributed by atoms with Crippen molar-refractivity contribution in [1.82, 2.24) is 0 Å². The van der Waals surface area contributed by atoms with Gasteiger partial charge in [0.05, 0.1) is 6.10 Å². The molecule has 0 heterocycles. The standard InChI is InChI=1S/C15H22O2S/c1-17-15(18-13-10-6-3-7-11-13)14(16)12-8-4-2-5-9-12/h3,6-7,10-12,14-16H,2,4-5,8-9H2,1H3. The first kappa shape index (κ1) is 13.9. The summed E-state index contributed by atoms with van der Waals surface area (Å²) in [5, 5.41) is 10.4. The Morgan fingerprint density at radius 3 is 2.44 bits per heavy atom. The summed E-state index contributed by atoms with van der Waals surface area (Å²) < 4.78 is 5.48. The minimum atomic E-state index is -0.361. The van der Waals surface area contributed by atoms with E-state index < -0.39 is 0 Å². The molecule has 1 fully saturated rings. The van der Waals surface area contributed by atoms with Gasteiger partial charge < -0.3 is 9.84 Å².